The Morgan fingerprint density at radius 1 is 1.50 bits per heavy atom. The van der Waals surface area contributed by atoms with Gasteiger partial charge in [-0.25, -0.2) is 9.50 Å². The molecule has 0 unspecified atom stereocenters. The van der Waals surface area contributed by atoms with Crippen molar-refractivity contribution in [3.63, 3.8) is 0 Å². The summed E-state index contributed by atoms with van der Waals surface area (Å²) in [5.74, 6) is 0.555. The van der Waals surface area contributed by atoms with Gasteiger partial charge in [-0.15, -0.1) is 5.10 Å². The van der Waals surface area contributed by atoms with E-state index in [0.717, 1.165) is 28.8 Å². The summed E-state index contributed by atoms with van der Waals surface area (Å²) in [5.41, 5.74) is 7.53. The lowest BCUT2D eigenvalue weighted by Gasteiger charge is -2.03. The molecule has 84 valence electrons. The van der Waals surface area contributed by atoms with E-state index in [0.29, 0.717) is 5.88 Å². The van der Waals surface area contributed by atoms with Crippen LogP contribution in [0.4, 0.5) is 0 Å². The van der Waals surface area contributed by atoms with E-state index in [-0.39, 0.29) is 5.54 Å². The van der Waals surface area contributed by atoms with E-state index in [1.807, 2.05) is 6.07 Å². The van der Waals surface area contributed by atoms with Crippen molar-refractivity contribution < 1.29 is 4.74 Å². The quantitative estimate of drug-likeness (QED) is 0.906. The molecule has 2 heterocycles. The summed E-state index contributed by atoms with van der Waals surface area (Å²) in [6.07, 6.45) is 1.96. The molecular formula is C10H11BrN4O. The molecule has 3 rings (SSSR count). The lowest BCUT2D eigenvalue weighted by atomic mass is 10.2. The van der Waals surface area contributed by atoms with Gasteiger partial charge in [0, 0.05) is 6.07 Å². The van der Waals surface area contributed by atoms with Crippen LogP contribution >= 0.6 is 15.9 Å². The summed E-state index contributed by atoms with van der Waals surface area (Å²) in [4.78, 5) is 4.49. The third-order valence-electron chi connectivity index (χ3n) is 2.87. The maximum atomic E-state index is 6.14. The molecule has 1 saturated carbocycles. The molecule has 5 nitrogen and oxygen atoms in total. The van der Waals surface area contributed by atoms with Crippen molar-refractivity contribution in [2.45, 2.75) is 18.4 Å². The van der Waals surface area contributed by atoms with Crippen LogP contribution in [0.25, 0.3) is 5.65 Å². The minimum Gasteiger partial charge on any atom is -0.480 e. The number of nitrogens with two attached hydrogens (primary N) is 1. The van der Waals surface area contributed by atoms with Crippen molar-refractivity contribution in [1.29, 1.82) is 0 Å². The molecule has 0 aliphatic heterocycles. The van der Waals surface area contributed by atoms with E-state index < -0.39 is 0 Å². The topological polar surface area (TPSA) is 65.4 Å². The van der Waals surface area contributed by atoms with Crippen molar-refractivity contribution in [3.05, 3.63) is 22.4 Å². The third-order valence-corrected chi connectivity index (χ3v) is 3.58. The van der Waals surface area contributed by atoms with Crippen molar-refractivity contribution in [2.75, 3.05) is 7.11 Å². The van der Waals surface area contributed by atoms with E-state index in [1.165, 1.54) is 0 Å². The number of methoxy groups -OCH3 is 1. The summed E-state index contributed by atoms with van der Waals surface area (Å²) in [6, 6.07) is 3.65. The number of nitrogens with zero attached hydrogens (tertiary/aromatic N) is 3. The van der Waals surface area contributed by atoms with Gasteiger partial charge in [0.15, 0.2) is 5.65 Å². The maximum Gasteiger partial charge on any atom is 0.231 e. The van der Waals surface area contributed by atoms with Gasteiger partial charge in [0.25, 0.3) is 0 Å². The second kappa shape index (κ2) is 3.18. The number of imidazole rings is 1. The first-order valence-electron chi connectivity index (χ1n) is 5.03. The average Bonchev–Trinajstić information content (AvgIpc) is 2.95. The van der Waals surface area contributed by atoms with E-state index in [4.69, 9.17) is 10.5 Å². The van der Waals surface area contributed by atoms with Crippen molar-refractivity contribution >= 4 is 21.6 Å². The highest BCUT2D eigenvalue weighted by Gasteiger charge is 2.44. The monoisotopic (exact) mass is 282 g/mol. The molecule has 0 atom stereocenters. The second-order valence-electron chi connectivity index (χ2n) is 4.05. The first kappa shape index (κ1) is 10.0. The number of hydrogen-bond donors (Lipinski definition) is 1. The molecule has 0 spiro atoms. The fourth-order valence-corrected chi connectivity index (χ4v) is 2.43. The predicted molar refractivity (Wildman–Crippen MR) is 62.3 cm³/mol. The SMILES string of the molecule is COc1ccc2nc(C3(N)CC3)c(Br)n2n1. The Bertz CT molecular complexity index is 561. The Balaban J connectivity index is 2.23. The highest BCUT2D eigenvalue weighted by Crippen LogP contribution is 2.45. The van der Waals surface area contributed by atoms with Crippen LogP contribution in [0.5, 0.6) is 5.88 Å². The molecule has 0 radical (unpaired) electrons. The fourth-order valence-electron chi connectivity index (χ4n) is 1.69. The molecule has 1 fully saturated rings. The number of hydrogen-bond acceptors (Lipinski definition) is 4. The zero-order valence-corrected chi connectivity index (χ0v) is 10.4. The Labute approximate surface area is 101 Å². The van der Waals surface area contributed by atoms with Crippen LogP contribution < -0.4 is 10.5 Å². The van der Waals surface area contributed by atoms with E-state index in [9.17, 15) is 0 Å². The minimum absolute atomic E-state index is 0.264. The van der Waals surface area contributed by atoms with Crippen LogP contribution in [0.3, 0.4) is 0 Å². The molecule has 6 heteroatoms. The standard InChI is InChI=1S/C10H11BrN4O/c1-16-7-3-2-6-13-8(10(12)4-5-10)9(11)15(6)14-7/h2-3H,4-5,12H2,1H3. The molecule has 0 bridgehead atoms. The molecular weight excluding hydrogens is 272 g/mol. The molecule has 1 aliphatic carbocycles. The number of aromatic nitrogens is 3. The number of ether oxygens (including phenoxy) is 1. The zero-order valence-electron chi connectivity index (χ0n) is 8.77. The number of fused-ring (bicyclic) bond motifs is 1. The van der Waals surface area contributed by atoms with Gasteiger partial charge in [-0.3, -0.25) is 0 Å². The number of halogens is 1. The second-order valence-corrected chi connectivity index (χ2v) is 4.80. The molecule has 2 aromatic heterocycles. The third kappa shape index (κ3) is 1.33. The van der Waals surface area contributed by atoms with E-state index in [2.05, 4.69) is 26.0 Å². The predicted octanol–water partition coefficient (Wildman–Crippen LogP) is 1.45. The minimum atomic E-state index is -0.264. The Morgan fingerprint density at radius 3 is 2.88 bits per heavy atom. The smallest absolute Gasteiger partial charge is 0.231 e. The first-order chi connectivity index (χ1) is 7.64. The summed E-state index contributed by atoms with van der Waals surface area (Å²) in [5, 5.41) is 4.28. The maximum absolute atomic E-state index is 6.14. The fraction of sp³-hybridized carbons (Fsp3) is 0.400. The van der Waals surface area contributed by atoms with Gasteiger partial charge >= 0.3 is 0 Å². The highest BCUT2D eigenvalue weighted by molar-refractivity contribution is 9.10. The van der Waals surface area contributed by atoms with Crippen LogP contribution in [0, 0.1) is 0 Å². The normalized spacial score (nSPS) is 17.7. The van der Waals surface area contributed by atoms with Gasteiger partial charge in [-0.2, -0.15) is 0 Å². The Hall–Kier alpha value is -1.14. The molecule has 16 heavy (non-hydrogen) atoms. The molecule has 0 amide bonds. The Morgan fingerprint density at radius 2 is 2.25 bits per heavy atom. The summed E-state index contributed by atoms with van der Waals surface area (Å²) < 4.78 is 7.61. The zero-order chi connectivity index (χ0) is 11.3. The number of rotatable bonds is 2. The van der Waals surface area contributed by atoms with E-state index in [1.54, 1.807) is 17.7 Å². The molecule has 1 aliphatic rings. The van der Waals surface area contributed by atoms with Crippen LogP contribution in [0.1, 0.15) is 18.5 Å². The highest BCUT2D eigenvalue weighted by atomic mass is 79.9. The Kier molecular flexibility index (Phi) is 1.99. The first-order valence-corrected chi connectivity index (χ1v) is 5.82. The molecule has 2 aromatic rings. The van der Waals surface area contributed by atoms with Gasteiger partial charge < -0.3 is 10.5 Å². The summed E-state index contributed by atoms with van der Waals surface area (Å²) in [6.45, 7) is 0. The van der Waals surface area contributed by atoms with Crippen molar-refractivity contribution in [2.24, 2.45) is 5.73 Å². The average molecular weight is 283 g/mol. The van der Waals surface area contributed by atoms with Crippen LogP contribution in [0.2, 0.25) is 0 Å². The van der Waals surface area contributed by atoms with Crippen molar-refractivity contribution in [3.8, 4) is 5.88 Å². The summed E-state index contributed by atoms with van der Waals surface area (Å²) >= 11 is 3.49. The molecule has 0 aromatic carbocycles. The van der Waals surface area contributed by atoms with Gasteiger partial charge in [-0.05, 0) is 34.8 Å². The van der Waals surface area contributed by atoms with Crippen LogP contribution in [-0.2, 0) is 5.54 Å². The summed E-state index contributed by atoms with van der Waals surface area (Å²) in [7, 11) is 1.59. The lowest BCUT2D eigenvalue weighted by Crippen LogP contribution is -2.19. The van der Waals surface area contributed by atoms with Gasteiger partial charge in [0.05, 0.1) is 18.3 Å². The van der Waals surface area contributed by atoms with Gasteiger partial charge in [-0.1, -0.05) is 0 Å². The molecule has 2 N–H and O–H groups in total. The van der Waals surface area contributed by atoms with Gasteiger partial charge in [0.1, 0.15) is 4.60 Å². The van der Waals surface area contributed by atoms with Crippen LogP contribution in [0.15, 0.2) is 16.7 Å². The van der Waals surface area contributed by atoms with E-state index >= 15 is 0 Å². The van der Waals surface area contributed by atoms with Crippen LogP contribution in [-0.4, -0.2) is 21.7 Å². The lowest BCUT2D eigenvalue weighted by molar-refractivity contribution is 0.389. The van der Waals surface area contributed by atoms with Crippen molar-refractivity contribution in [1.82, 2.24) is 14.6 Å². The van der Waals surface area contributed by atoms with Gasteiger partial charge in [0.2, 0.25) is 5.88 Å². The molecule has 0 saturated heterocycles. The largest absolute Gasteiger partial charge is 0.480 e.